The van der Waals surface area contributed by atoms with Crippen LogP contribution in [-0.2, 0) is 0 Å². The summed E-state index contributed by atoms with van der Waals surface area (Å²) in [4.78, 5) is 19.9. The van der Waals surface area contributed by atoms with Gasteiger partial charge in [0.2, 0.25) is 0 Å². The first-order valence-corrected chi connectivity index (χ1v) is 6.09. The van der Waals surface area contributed by atoms with Crippen LogP contribution in [0.25, 0.3) is 0 Å². The van der Waals surface area contributed by atoms with Gasteiger partial charge < -0.3 is 10.4 Å². The van der Waals surface area contributed by atoms with Crippen molar-refractivity contribution in [3.05, 3.63) is 53.4 Å². The molecule has 106 valence electrons. The highest BCUT2D eigenvalue weighted by atomic mass is 19.1. The SMILES string of the molecule is Cc1cnc(C(=O)Nc2ccc(F)c(C#CCO)c2)cn1. The van der Waals surface area contributed by atoms with Gasteiger partial charge in [-0.2, -0.15) is 0 Å². The van der Waals surface area contributed by atoms with Crippen molar-refractivity contribution >= 4 is 11.6 Å². The summed E-state index contributed by atoms with van der Waals surface area (Å²) in [5, 5.41) is 11.2. The molecule has 0 aliphatic carbocycles. The number of aromatic nitrogens is 2. The summed E-state index contributed by atoms with van der Waals surface area (Å²) in [5.41, 5.74) is 1.34. The maximum Gasteiger partial charge on any atom is 0.275 e. The van der Waals surface area contributed by atoms with E-state index < -0.39 is 11.7 Å². The second kappa shape index (κ2) is 6.59. The van der Waals surface area contributed by atoms with E-state index in [1.54, 1.807) is 6.92 Å². The van der Waals surface area contributed by atoms with Crippen LogP contribution in [0.1, 0.15) is 21.7 Å². The summed E-state index contributed by atoms with van der Waals surface area (Å²) in [6.45, 7) is 1.40. The third-order valence-corrected chi connectivity index (χ3v) is 2.54. The van der Waals surface area contributed by atoms with Crippen LogP contribution in [0.3, 0.4) is 0 Å². The van der Waals surface area contributed by atoms with E-state index in [0.29, 0.717) is 11.4 Å². The first kappa shape index (κ1) is 14.6. The van der Waals surface area contributed by atoms with Crippen LogP contribution in [-0.4, -0.2) is 27.6 Å². The quantitative estimate of drug-likeness (QED) is 0.820. The number of nitrogens with one attached hydrogen (secondary N) is 1. The number of aliphatic hydroxyl groups excluding tert-OH is 1. The molecule has 5 nitrogen and oxygen atoms in total. The number of aryl methyl sites for hydroxylation is 1. The number of aliphatic hydroxyl groups is 1. The number of hydrogen-bond acceptors (Lipinski definition) is 4. The number of carbonyl (C=O) groups excluding carboxylic acids is 1. The molecular formula is C15H12FN3O2. The third kappa shape index (κ3) is 3.84. The van der Waals surface area contributed by atoms with Gasteiger partial charge in [0.05, 0.1) is 17.5 Å². The Kier molecular flexibility index (Phi) is 4.59. The molecule has 0 saturated heterocycles. The molecule has 2 aromatic rings. The van der Waals surface area contributed by atoms with Gasteiger partial charge in [-0.05, 0) is 25.1 Å². The van der Waals surface area contributed by atoms with Crippen molar-refractivity contribution < 1.29 is 14.3 Å². The van der Waals surface area contributed by atoms with E-state index in [2.05, 4.69) is 27.1 Å². The Balaban J connectivity index is 2.19. The highest BCUT2D eigenvalue weighted by Crippen LogP contribution is 2.14. The average Bonchev–Trinajstić information content (AvgIpc) is 2.48. The second-order valence-electron chi connectivity index (χ2n) is 4.15. The lowest BCUT2D eigenvalue weighted by molar-refractivity contribution is 0.102. The van der Waals surface area contributed by atoms with Crippen molar-refractivity contribution in [3.8, 4) is 11.8 Å². The molecule has 6 heteroatoms. The monoisotopic (exact) mass is 285 g/mol. The topological polar surface area (TPSA) is 75.1 Å². The molecule has 2 N–H and O–H groups in total. The number of rotatable bonds is 2. The zero-order valence-corrected chi connectivity index (χ0v) is 11.2. The molecule has 1 aromatic carbocycles. The smallest absolute Gasteiger partial charge is 0.275 e. The number of amides is 1. The van der Waals surface area contributed by atoms with E-state index in [-0.39, 0.29) is 17.9 Å². The first-order chi connectivity index (χ1) is 10.1. The van der Waals surface area contributed by atoms with Gasteiger partial charge in [-0.25, -0.2) is 9.37 Å². The summed E-state index contributed by atoms with van der Waals surface area (Å²) in [5.74, 6) is 3.85. The Morgan fingerprint density at radius 3 is 2.86 bits per heavy atom. The number of hydrogen-bond donors (Lipinski definition) is 2. The third-order valence-electron chi connectivity index (χ3n) is 2.54. The molecule has 0 saturated carbocycles. The standard InChI is InChI=1S/C15H12FN3O2/c1-10-8-18-14(9-17-10)15(21)19-12-4-5-13(16)11(7-12)3-2-6-20/h4-5,7-9,20H,6H2,1H3,(H,19,21). The molecule has 0 radical (unpaired) electrons. The molecule has 0 spiro atoms. The Hall–Kier alpha value is -2.78. The predicted octanol–water partition coefficient (Wildman–Crippen LogP) is 1.52. The van der Waals surface area contributed by atoms with Crippen molar-refractivity contribution in [3.63, 3.8) is 0 Å². The summed E-state index contributed by atoms with van der Waals surface area (Å²) in [6, 6.07) is 3.99. The zero-order valence-electron chi connectivity index (χ0n) is 11.2. The van der Waals surface area contributed by atoms with Gasteiger partial charge in [-0.1, -0.05) is 11.8 Å². The van der Waals surface area contributed by atoms with Gasteiger partial charge in [0, 0.05) is 11.9 Å². The minimum Gasteiger partial charge on any atom is -0.384 e. The molecule has 1 aromatic heterocycles. The van der Waals surface area contributed by atoms with Crippen molar-refractivity contribution in [2.24, 2.45) is 0 Å². The Morgan fingerprint density at radius 2 is 2.19 bits per heavy atom. The van der Waals surface area contributed by atoms with Gasteiger partial charge in [-0.3, -0.25) is 9.78 Å². The van der Waals surface area contributed by atoms with E-state index in [1.807, 2.05) is 0 Å². The molecule has 1 amide bonds. The molecule has 0 fully saturated rings. The molecular weight excluding hydrogens is 273 g/mol. The van der Waals surface area contributed by atoms with Crippen molar-refractivity contribution in [1.82, 2.24) is 9.97 Å². The number of benzene rings is 1. The van der Waals surface area contributed by atoms with Crippen molar-refractivity contribution in [2.45, 2.75) is 6.92 Å². The minimum atomic E-state index is -0.524. The van der Waals surface area contributed by atoms with Crippen LogP contribution in [0, 0.1) is 24.6 Å². The maximum atomic E-state index is 13.5. The molecule has 1 heterocycles. The summed E-state index contributed by atoms with van der Waals surface area (Å²) in [6.07, 6.45) is 2.85. The molecule has 0 unspecified atom stereocenters. The van der Waals surface area contributed by atoms with Gasteiger partial charge in [0.1, 0.15) is 18.1 Å². The average molecular weight is 285 g/mol. The van der Waals surface area contributed by atoms with E-state index in [1.165, 1.54) is 30.6 Å². The number of nitrogens with zero attached hydrogens (tertiary/aromatic N) is 2. The van der Waals surface area contributed by atoms with Crippen LogP contribution in [0.5, 0.6) is 0 Å². The minimum absolute atomic E-state index is 0.0943. The van der Waals surface area contributed by atoms with Gasteiger partial charge in [0.25, 0.3) is 5.91 Å². The molecule has 0 aliphatic rings. The number of anilines is 1. The summed E-state index contributed by atoms with van der Waals surface area (Å²) in [7, 11) is 0. The van der Waals surface area contributed by atoms with E-state index in [9.17, 15) is 9.18 Å². The lowest BCUT2D eigenvalue weighted by Crippen LogP contribution is -2.14. The fourth-order valence-corrected chi connectivity index (χ4v) is 1.54. The zero-order chi connectivity index (χ0) is 15.2. The van der Waals surface area contributed by atoms with Crippen LogP contribution >= 0.6 is 0 Å². The Bertz CT molecular complexity index is 718. The van der Waals surface area contributed by atoms with Crippen molar-refractivity contribution in [1.29, 1.82) is 0 Å². The van der Waals surface area contributed by atoms with E-state index >= 15 is 0 Å². The maximum absolute atomic E-state index is 13.5. The second-order valence-corrected chi connectivity index (χ2v) is 4.15. The fraction of sp³-hybridized carbons (Fsp3) is 0.133. The van der Waals surface area contributed by atoms with E-state index in [0.717, 1.165) is 0 Å². The molecule has 0 aliphatic heterocycles. The number of carbonyl (C=O) groups is 1. The highest BCUT2D eigenvalue weighted by molar-refractivity contribution is 6.02. The van der Waals surface area contributed by atoms with Crippen LogP contribution in [0.2, 0.25) is 0 Å². The Morgan fingerprint density at radius 1 is 1.38 bits per heavy atom. The van der Waals surface area contributed by atoms with Crippen LogP contribution < -0.4 is 5.32 Å². The van der Waals surface area contributed by atoms with Crippen LogP contribution in [0.15, 0.2) is 30.6 Å². The highest BCUT2D eigenvalue weighted by Gasteiger charge is 2.09. The number of halogens is 1. The first-order valence-electron chi connectivity index (χ1n) is 6.09. The normalized spacial score (nSPS) is 9.67. The van der Waals surface area contributed by atoms with Crippen LogP contribution in [0.4, 0.5) is 10.1 Å². The molecule has 2 rings (SSSR count). The van der Waals surface area contributed by atoms with Gasteiger partial charge >= 0.3 is 0 Å². The summed E-state index contributed by atoms with van der Waals surface area (Å²) < 4.78 is 13.5. The van der Waals surface area contributed by atoms with Crippen molar-refractivity contribution in [2.75, 3.05) is 11.9 Å². The van der Waals surface area contributed by atoms with E-state index in [4.69, 9.17) is 5.11 Å². The van der Waals surface area contributed by atoms with Gasteiger partial charge in [-0.15, -0.1) is 0 Å². The molecule has 0 atom stereocenters. The largest absolute Gasteiger partial charge is 0.384 e. The Labute approximate surface area is 120 Å². The predicted molar refractivity (Wildman–Crippen MR) is 75.1 cm³/mol. The molecule has 21 heavy (non-hydrogen) atoms. The fourth-order valence-electron chi connectivity index (χ4n) is 1.54. The molecule has 0 bridgehead atoms. The summed E-state index contributed by atoms with van der Waals surface area (Å²) >= 11 is 0. The lowest BCUT2D eigenvalue weighted by atomic mass is 10.2. The van der Waals surface area contributed by atoms with Gasteiger partial charge in [0.15, 0.2) is 0 Å². The lowest BCUT2D eigenvalue weighted by Gasteiger charge is -2.05.